The third kappa shape index (κ3) is 2.08. The number of benzene rings is 1. The highest BCUT2D eigenvalue weighted by Crippen LogP contribution is 2.29. The van der Waals surface area contributed by atoms with Gasteiger partial charge in [0.25, 0.3) is 0 Å². The first kappa shape index (κ1) is 12.5. The maximum atomic E-state index is 11.0. The molecule has 2 heterocycles. The number of fused-ring (bicyclic) bond motifs is 1. The van der Waals surface area contributed by atoms with Crippen molar-refractivity contribution in [1.82, 2.24) is 9.55 Å². The lowest BCUT2D eigenvalue weighted by atomic mass is 10.3. The number of nitrogens with two attached hydrogens (primary N) is 1. The van der Waals surface area contributed by atoms with E-state index in [1.54, 1.807) is 35.0 Å². The zero-order valence-electron chi connectivity index (χ0n) is 10.3. The second-order valence-corrected chi connectivity index (χ2v) is 4.51. The van der Waals surface area contributed by atoms with Gasteiger partial charge in [-0.25, -0.2) is 9.78 Å². The van der Waals surface area contributed by atoms with E-state index < -0.39 is 6.09 Å². The summed E-state index contributed by atoms with van der Waals surface area (Å²) in [5.41, 5.74) is 6.42. The average Bonchev–Trinajstić information content (AvgIpc) is 2.84. The lowest BCUT2D eigenvalue weighted by Gasteiger charge is -2.10. The van der Waals surface area contributed by atoms with Crippen molar-refractivity contribution in [2.75, 3.05) is 0 Å². The Morgan fingerprint density at radius 1 is 1.25 bits per heavy atom. The molecule has 3 rings (SSSR count). The summed E-state index contributed by atoms with van der Waals surface area (Å²) in [7, 11) is 0. The molecule has 0 bridgehead atoms. The van der Waals surface area contributed by atoms with Crippen molar-refractivity contribution in [3.05, 3.63) is 53.8 Å². The lowest BCUT2D eigenvalue weighted by molar-refractivity contribution is 0.211. The molecule has 0 atom stereocenters. The first-order valence-corrected chi connectivity index (χ1v) is 6.23. The molecule has 6 heteroatoms. The van der Waals surface area contributed by atoms with Gasteiger partial charge >= 0.3 is 6.09 Å². The smallest absolute Gasteiger partial charge is 0.408 e. The molecular formula is C14H10ClN3O2. The molecule has 0 aliphatic heterocycles. The Kier molecular flexibility index (Phi) is 3.04. The lowest BCUT2D eigenvalue weighted by Crippen LogP contribution is -2.17. The largest absolute Gasteiger partial charge is 0.410 e. The van der Waals surface area contributed by atoms with Crippen molar-refractivity contribution in [2.45, 2.75) is 0 Å². The predicted molar refractivity (Wildman–Crippen MR) is 76.3 cm³/mol. The second kappa shape index (κ2) is 4.86. The van der Waals surface area contributed by atoms with Gasteiger partial charge in [-0.15, -0.1) is 0 Å². The van der Waals surface area contributed by atoms with Crippen LogP contribution in [-0.2, 0) is 0 Å². The Morgan fingerprint density at radius 2 is 2.05 bits per heavy atom. The number of rotatable bonds is 2. The molecule has 1 aromatic carbocycles. The van der Waals surface area contributed by atoms with Crippen LogP contribution >= 0.6 is 11.6 Å². The molecule has 2 N–H and O–H groups in total. The van der Waals surface area contributed by atoms with E-state index in [0.29, 0.717) is 22.1 Å². The van der Waals surface area contributed by atoms with Crippen LogP contribution in [0.25, 0.3) is 16.7 Å². The Bertz CT molecular complexity index is 798. The van der Waals surface area contributed by atoms with Crippen LogP contribution < -0.4 is 10.5 Å². The van der Waals surface area contributed by atoms with Crippen molar-refractivity contribution in [3.63, 3.8) is 0 Å². The van der Waals surface area contributed by atoms with Crippen molar-refractivity contribution in [3.8, 4) is 11.4 Å². The average molecular weight is 288 g/mol. The Hall–Kier alpha value is -2.53. The number of pyridine rings is 1. The van der Waals surface area contributed by atoms with Crippen LogP contribution in [0.1, 0.15) is 0 Å². The van der Waals surface area contributed by atoms with E-state index in [4.69, 9.17) is 22.1 Å². The topological polar surface area (TPSA) is 70.1 Å². The molecule has 20 heavy (non-hydrogen) atoms. The number of primary amides is 1. The highest BCUT2D eigenvalue weighted by atomic mass is 35.5. The molecule has 0 radical (unpaired) electrons. The molecule has 0 unspecified atom stereocenters. The van der Waals surface area contributed by atoms with Gasteiger partial charge in [-0.2, -0.15) is 0 Å². The van der Waals surface area contributed by atoms with Crippen LogP contribution in [0.15, 0.2) is 48.8 Å². The molecule has 0 saturated carbocycles. The molecule has 2 aromatic heterocycles. The molecular weight excluding hydrogens is 278 g/mol. The Balaban J connectivity index is 2.21. The van der Waals surface area contributed by atoms with Gasteiger partial charge in [0.1, 0.15) is 5.65 Å². The van der Waals surface area contributed by atoms with Gasteiger partial charge in [-0.1, -0.05) is 23.7 Å². The maximum Gasteiger partial charge on any atom is 0.410 e. The fourth-order valence-electron chi connectivity index (χ4n) is 2.05. The molecule has 0 aliphatic carbocycles. The van der Waals surface area contributed by atoms with E-state index >= 15 is 0 Å². The van der Waals surface area contributed by atoms with E-state index in [9.17, 15) is 4.79 Å². The number of halogens is 1. The van der Waals surface area contributed by atoms with E-state index in [2.05, 4.69) is 4.98 Å². The van der Waals surface area contributed by atoms with Gasteiger partial charge in [0.15, 0.2) is 5.75 Å². The number of ether oxygens (including phenoxy) is 1. The first-order chi connectivity index (χ1) is 9.66. The van der Waals surface area contributed by atoms with E-state index in [1.165, 1.54) is 0 Å². The number of nitrogens with zero attached hydrogens (tertiary/aromatic N) is 2. The number of amides is 1. The van der Waals surface area contributed by atoms with Crippen LogP contribution in [0.3, 0.4) is 0 Å². The molecule has 3 aromatic rings. The summed E-state index contributed by atoms with van der Waals surface area (Å²) in [4.78, 5) is 15.3. The fourth-order valence-corrected chi connectivity index (χ4v) is 2.25. The molecule has 0 fully saturated rings. The highest BCUT2D eigenvalue weighted by Gasteiger charge is 2.12. The summed E-state index contributed by atoms with van der Waals surface area (Å²) in [5, 5.41) is 1.44. The Morgan fingerprint density at radius 3 is 2.85 bits per heavy atom. The predicted octanol–water partition coefficient (Wildman–Crippen LogP) is 3.14. The molecule has 0 aliphatic rings. The summed E-state index contributed by atoms with van der Waals surface area (Å²) in [6.45, 7) is 0. The number of carbonyl (C=O) groups excluding carboxylic acids is 1. The van der Waals surface area contributed by atoms with E-state index in [1.807, 2.05) is 18.3 Å². The quantitative estimate of drug-likeness (QED) is 0.787. The van der Waals surface area contributed by atoms with Gasteiger partial charge in [0, 0.05) is 17.8 Å². The fraction of sp³-hybridized carbons (Fsp3) is 0. The zero-order chi connectivity index (χ0) is 14.1. The number of hydrogen-bond donors (Lipinski definition) is 1. The third-order valence-electron chi connectivity index (χ3n) is 2.87. The normalized spacial score (nSPS) is 10.7. The van der Waals surface area contributed by atoms with Gasteiger partial charge in [0.2, 0.25) is 0 Å². The van der Waals surface area contributed by atoms with Gasteiger partial charge in [-0.05, 0) is 24.3 Å². The number of para-hydroxylation sites is 2. The molecule has 0 spiro atoms. The standard InChI is InChI=1S/C14H10ClN3O2/c15-10-5-7-17-13-9(10)6-8-18(13)11-3-1-2-4-12(11)20-14(16)19/h1-8H,(H2,16,19). The zero-order valence-corrected chi connectivity index (χ0v) is 11.0. The molecule has 1 amide bonds. The van der Waals surface area contributed by atoms with Gasteiger partial charge < -0.3 is 10.5 Å². The minimum atomic E-state index is -0.861. The molecule has 5 nitrogen and oxygen atoms in total. The summed E-state index contributed by atoms with van der Waals surface area (Å²) < 4.78 is 6.80. The Labute approximate surface area is 119 Å². The van der Waals surface area contributed by atoms with E-state index in [0.717, 1.165) is 5.39 Å². The molecule has 0 saturated heterocycles. The van der Waals surface area contributed by atoms with E-state index in [-0.39, 0.29) is 0 Å². The second-order valence-electron chi connectivity index (χ2n) is 4.10. The van der Waals surface area contributed by atoms with Crippen molar-refractivity contribution in [1.29, 1.82) is 0 Å². The molecule has 100 valence electrons. The van der Waals surface area contributed by atoms with Crippen molar-refractivity contribution >= 4 is 28.7 Å². The van der Waals surface area contributed by atoms with Crippen LogP contribution in [-0.4, -0.2) is 15.6 Å². The van der Waals surface area contributed by atoms with Gasteiger partial charge in [-0.3, -0.25) is 4.57 Å². The summed E-state index contributed by atoms with van der Waals surface area (Å²) in [5.74, 6) is 0.360. The van der Waals surface area contributed by atoms with Crippen molar-refractivity contribution < 1.29 is 9.53 Å². The number of hydrogen-bond acceptors (Lipinski definition) is 3. The van der Waals surface area contributed by atoms with Crippen molar-refractivity contribution in [2.24, 2.45) is 5.73 Å². The number of carbonyl (C=O) groups is 1. The van der Waals surface area contributed by atoms with Crippen LogP contribution in [0.5, 0.6) is 5.75 Å². The summed E-state index contributed by atoms with van der Waals surface area (Å²) in [6, 6.07) is 10.6. The summed E-state index contributed by atoms with van der Waals surface area (Å²) in [6.07, 6.45) is 2.57. The summed E-state index contributed by atoms with van der Waals surface area (Å²) >= 11 is 6.12. The minimum absolute atomic E-state index is 0.360. The minimum Gasteiger partial charge on any atom is -0.408 e. The monoisotopic (exact) mass is 287 g/mol. The maximum absolute atomic E-state index is 11.0. The van der Waals surface area contributed by atoms with Crippen LogP contribution in [0.2, 0.25) is 5.02 Å². The third-order valence-corrected chi connectivity index (χ3v) is 3.20. The van der Waals surface area contributed by atoms with Gasteiger partial charge in [0.05, 0.1) is 10.7 Å². The highest BCUT2D eigenvalue weighted by molar-refractivity contribution is 6.35. The van der Waals surface area contributed by atoms with Crippen LogP contribution in [0.4, 0.5) is 4.79 Å². The van der Waals surface area contributed by atoms with Crippen LogP contribution in [0, 0.1) is 0 Å². The SMILES string of the molecule is NC(=O)Oc1ccccc1-n1ccc2c(Cl)ccnc21. The number of aromatic nitrogens is 2. The first-order valence-electron chi connectivity index (χ1n) is 5.85.